The Kier molecular flexibility index (Phi) is 4.41. The van der Waals surface area contributed by atoms with Crippen LogP contribution in [0.25, 0.3) is 0 Å². The number of anilines is 1. The Labute approximate surface area is 134 Å². The summed E-state index contributed by atoms with van der Waals surface area (Å²) >= 11 is 6.46. The standard InChI is InChI=1S/C13H11Br2NO3S/c1-8-2-4-10(7-12(8)17)16-20(18,19)13-6-9(14)3-5-11(13)15/h2-7,16-17H,1H3. The molecule has 0 aliphatic carbocycles. The van der Waals surface area contributed by atoms with E-state index < -0.39 is 10.0 Å². The SMILES string of the molecule is Cc1ccc(NS(=O)(=O)c2cc(Br)ccc2Br)cc1O. The van der Waals surface area contributed by atoms with Crippen LogP contribution in [0.2, 0.25) is 0 Å². The van der Waals surface area contributed by atoms with Gasteiger partial charge in [-0.05, 0) is 52.7 Å². The van der Waals surface area contributed by atoms with Crippen LogP contribution in [0.1, 0.15) is 5.56 Å². The van der Waals surface area contributed by atoms with E-state index in [-0.39, 0.29) is 10.6 Å². The van der Waals surface area contributed by atoms with Gasteiger partial charge < -0.3 is 5.11 Å². The van der Waals surface area contributed by atoms with Crippen molar-refractivity contribution >= 4 is 47.6 Å². The second kappa shape index (κ2) is 5.75. The molecule has 2 aromatic carbocycles. The molecule has 0 aliphatic heterocycles. The lowest BCUT2D eigenvalue weighted by Gasteiger charge is -2.11. The number of aryl methyl sites for hydroxylation is 1. The van der Waals surface area contributed by atoms with E-state index in [0.717, 1.165) is 0 Å². The molecule has 0 bridgehead atoms. The predicted octanol–water partition coefficient (Wildman–Crippen LogP) is 4.03. The van der Waals surface area contributed by atoms with Crippen molar-refractivity contribution in [3.8, 4) is 5.75 Å². The molecule has 0 heterocycles. The molecule has 0 aromatic heterocycles. The molecule has 7 heteroatoms. The maximum atomic E-state index is 12.3. The molecule has 0 saturated carbocycles. The van der Waals surface area contributed by atoms with Gasteiger partial charge in [-0.25, -0.2) is 8.42 Å². The zero-order valence-corrected chi connectivity index (χ0v) is 14.4. The summed E-state index contributed by atoms with van der Waals surface area (Å²) in [5.74, 6) is 0.0403. The molecule has 0 spiro atoms. The molecular formula is C13H11Br2NO3S. The first-order valence-corrected chi connectivity index (χ1v) is 8.64. The van der Waals surface area contributed by atoms with Crippen LogP contribution in [0, 0.1) is 6.92 Å². The fourth-order valence-electron chi connectivity index (χ4n) is 1.57. The summed E-state index contributed by atoms with van der Waals surface area (Å²) in [5.41, 5.74) is 0.983. The Morgan fingerprint density at radius 1 is 1.10 bits per heavy atom. The first-order chi connectivity index (χ1) is 9.29. The summed E-state index contributed by atoms with van der Waals surface area (Å²) < 4.78 is 28.2. The molecule has 106 valence electrons. The van der Waals surface area contributed by atoms with Crippen molar-refractivity contribution < 1.29 is 13.5 Å². The van der Waals surface area contributed by atoms with Crippen LogP contribution in [0.15, 0.2) is 50.2 Å². The van der Waals surface area contributed by atoms with Crippen molar-refractivity contribution in [1.82, 2.24) is 0 Å². The van der Waals surface area contributed by atoms with Crippen molar-refractivity contribution in [2.45, 2.75) is 11.8 Å². The zero-order chi connectivity index (χ0) is 14.9. The van der Waals surface area contributed by atoms with Gasteiger partial charge in [-0.15, -0.1) is 0 Å². The van der Waals surface area contributed by atoms with Gasteiger partial charge in [0.05, 0.1) is 5.69 Å². The van der Waals surface area contributed by atoms with E-state index in [2.05, 4.69) is 36.6 Å². The van der Waals surface area contributed by atoms with Crippen molar-refractivity contribution in [3.63, 3.8) is 0 Å². The third-order valence-corrected chi connectivity index (χ3v) is 5.51. The second-order valence-corrected chi connectivity index (χ2v) is 7.60. The fraction of sp³-hybridized carbons (Fsp3) is 0.0769. The highest BCUT2D eigenvalue weighted by molar-refractivity contribution is 9.11. The molecule has 4 nitrogen and oxygen atoms in total. The van der Waals surface area contributed by atoms with Crippen LogP contribution in [-0.4, -0.2) is 13.5 Å². The quantitative estimate of drug-likeness (QED) is 0.787. The monoisotopic (exact) mass is 419 g/mol. The maximum absolute atomic E-state index is 12.3. The van der Waals surface area contributed by atoms with E-state index in [1.807, 2.05) is 0 Å². The van der Waals surface area contributed by atoms with Crippen LogP contribution in [0.4, 0.5) is 5.69 Å². The minimum atomic E-state index is -3.73. The first kappa shape index (κ1) is 15.3. The Morgan fingerprint density at radius 3 is 2.45 bits per heavy atom. The second-order valence-electron chi connectivity index (χ2n) is 4.18. The lowest BCUT2D eigenvalue weighted by atomic mass is 10.2. The molecule has 0 radical (unpaired) electrons. The number of nitrogens with one attached hydrogen (secondary N) is 1. The molecular weight excluding hydrogens is 410 g/mol. The van der Waals surface area contributed by atoms with Crippen molar-refractivity contribution in [2.75, 3.05) is 4.72 Å². The van der Waals surface area contributed by atoms with Crippen LogP contribution in [0.5, 0.6) is 5.75 Å². The molecule has 20 heavy (non-hydrogen) atoms. The van der Waals surface area contributed by atoms with Gasteiger partial charge in [0, 0.05) is 15.0 Å². The largest absolute Gasteiger partial charge is 0.508 e. The Balaban J connectivity index is 2.40. The van der Waals surface area contributed by atoms with Crippen LogP contribution in [-0.2, 0) is 10.0 Å². The number of hydrogen-bond donors (Lipinski definition) is 2. The van der Waals surface area contributed by atoms with Crippen LogP contribution < -0.4 is 4.72 Å². The van der Waals surface area contributed by atoms with Crippen LogP contribution in [0.3, 0.4) is 0 Å². The van der Waals surface area contributed by atoms with E-state index in [1.54, 1.807) is 31.2 Å². The minimum absolute atomic E-state index is 0.0403. The van der Waals surface area contributed by atoms with Gasteiger partial charge in [-0.1, -0.05) is 22.0 Å². The summed E-state index contributed by atoms with van der Waals surface area (Å²) in [6.45, 7) is 1.73. The lowest BCUT2D eigenvalue weighted by molar-refractivity contribution is 0.471. The Hall–Kier alpha value is -1.05. The normalized spacial score (nSPS) is 11.3. The lowest BCUT2D eigenvalue weighted by Crippen LogP contribution is -2.13. The number of benzene rings is 2. The molecule has 0 unspecified atom stereocenters. The molecule has 0 saturated heterocycles. The number of aromatic hydroxyl groups is 1. The van der Waals surface area contributed by atoms with Gasteiger partial charge in [0.2, 0.25) is 0 Å². The van der Waals surface area contributed by atoms with E-state index in [0.29, 0.717) is 20.2 Å². The highest BCUT2D eigenvalue weighted by Gasteiger charge is 2.18. The third-order valence-electron chi connectivity index (χ3n) is 2.64. The highest BCUT2D eigenvalue weighted by Crippen LogP contribution is 2.28. The number of phenolic OH excluding ortho intramolecular Hbond substituents is 1. The average molecular weight is 421 g/mol. The zero-order valence-electron chi connectivity index (χ0n) is 10.4. The van der Waals surface area contributed by atoms with Gasteiger partial charge in [-0.2, -0.15) is 0 Å². The fourth-order valence-corrected chi connectivity index (χ4v) is 4.12. The maximum Gasteiger partial charge on any atom is 0.263 e. The molecule has 0 amide bonds. The summed E-state index contributed by atoms with van der Waals surface area (Å²) in [7, 11) is -3.73. The summed E-state index contributed by atoms with van der Waals surface area (Å²) in [6.07, 6.45) is 0. The van der Waals surface area contributed by atoms with E-state index in [4.69, 9.17) is 0 Å². The minimum Gasteiger partial charge on any atom is -0.508 e. The summed E-state index contributed by atoms with van der Waals surface area (Å²) in [5, 5.41) is 9.61. The van der Waals surface area contributed by atoms with Gasteiger partial charge >= 0.3 is 0 Å². The molecule has 0 aliphatic rings. The Bertz CT molecular complexity index is 760. The number of rotatable bonds is 3. The smallest absolute Gasteiger partial charge is 0.263 e. The van der Waals surface area contributed by atoms with Crippen LogP contribution >= 0.6 is 31.9 Å². The van der Waals surface area contributed by atoms with Crippen molar-refractivity contribution in [2.24, 2.45) is 0 Å². The summed E-state index contributed by atoms with van der Waals surface area (Å²) in [6, 6.07) is 9.49. The average Bonchev–Trinajstić information content (AvgIpc) is 2.36. The predicted molar refractivity (Wildman–Crippen MR) is 85.5 cm³/mol. The topological polar surface area (TPSA) is 66.4 Å². The third kappa shape index (κ3) is 3.34. The number of halogens is 2. The van der Waals surface area contributed by atoms with E-state index >= 15 is 0 Å². The first-order valence-electron chi connectivity index (χ1n) is 5.57. The molecule has 2 rings (SSSR count). The summed E-state index contributed by atoms with van der Waals surface area (Å²) in [4.78, 5) is 0.118. The van der Waals surface area contributed by atoms with Crippen molar-refractivity contribution in [1.29, 1.82) is 0 Å². The van der Waals surface area contributed by atoms with E-state index in [9.17, 15) is 13.5 Å². The number of sulfonamides is 1. The molecule has 0 fully saturated rings. The molecule has 2 N–H and O–H groups in total. The van der Waals surface area contributed by atoms with Crippen molar-refractivity contribution in [3.05, 3.63) is 50.9 Å². The Morgan fingerprint density at radius 2 is 1.80 bits per heavy atom. The van der Waals surface area contributed by atoms with Gasteiger partial charge in [-0.3, -0.25) is 4.72 Å². The molecule has 0 atom stereocenters. The number of phenols is 1. The highest BCUT2D eigenvalue weighted by atomic mass is 79.9. The van der Waals surface area contributed by atoms with E-state index in [1.165, 1.54) is 12.1 Å². The van der Waals surface area contributed by atoms with Gasteiger partial charge in [0.15, 0.2) is 0 Å². The number of hydrogen-bond acceptors (Lipinski definition) is 3. The van der Waals surface area contributed by atoms with Gasteiger partial charge in [0.1, 0.15) is 10.6 Å². The molecule has 2 aromatic rings. The van der Waals surface area contributed by atoms with Gasteiger partial charge in [0.25, 0.3) is 10.0 Å².